The number of rotatable bonds is 7. The highest BCUT2D eigenvalue weighted by Gasteiger charge is 2.06. The quantitative estimate of drug-likeness (QED) is 0.598. The SMILES string of the molecule is CCOc1cc(/C=N/NC)ccc1OCc1ccc(Br)cc1. The summed E-state index contributed by atoms with van der Waals surface area (Å²) in [6, 6.07) is 13.8. The molecule has 0 atom stereocenters. The molecule has 4 nitrogen and oxygen atoms in total. The van der Waals surface area contributed by atoms with Crippen molar-refractivity contribution in [2.24, 2.45) is 5.10 Å². The minimum atomic E-state index is 0.497. The minimum absolute atomic E-state index is 0.497. The van der Waals surface area contributed by atoms with Gasteiger partial charge in [-0.1, -0.05) is 28.1 Å². The van der Waals surface area contributed by atoms with Crippen molar-refractivity contribution in [2.75, 3.05) is 13.7 Å². The molecule has 0 saturated carbocycles. The highest BCUT2D eigenvalue weighted by atomic mass is 79.9. The first-order valence-corrected chi connectivity index (χ1v) is 7.86. The Morgan fingerprint density at radius 3 is 2.55 bits per heavy atom. The molecule has 5 heteroatoms. The van der Waals surface area contributed by atoms with E-state index >= 15 is 0 Å². The average Bonchev–Trinajstić information content (AvgIpc) is 2.54. The van der Waals surface area contributed by atoms with E-state index in [-0.39, 0.29) is 0 Å². The van der Waals surface area contributed by atoms with Crippen molar-refractivity contribution in [2.45, 2.75) is 13.5 Å². The van der Waals surface area contributed by atoms with Crippen molar-refractivity contribution in [3.8, 4) is 11.5 Å². The molecule has 0 unspecified atom stereocenters. The van der Waals surface area contributed by atoms with Crippen LogP contribution >= 0.6 is 15.9 Å². The second-order valence-electron chi connectivity index (χ2n) is 4.54. The normalized spacial score (nSPS) is 10.7. The zero-order valence-corrected chi connectivity index (χ0v) is 14.3. The summed E-state index contributed by atoms with van der Waals surface area (Å²) in [5.74, 6) is 1.45. The van der Waals surface area contributed by atoms with Gasteiger partial charge in [-0.25, -0.2) is 0 Å². The second-order valence-corrected chi connectivity index (χ2v) is 5.45. The predicted octanol–water partition coefficient (Wildman–Crippen LogP) is 3.98. The Morgan fingerprint density at radius 1 is 1.09 bits per heavy atom. The number of benzene rings is 2. The van der Waals surface area contributed by atoms with Crippen LogP contribution < -0.4 is 14.9 Å². The van der Waals surface area contributed by atoms with Crippen LogP contribution in [0, 0.1) is 0 Å². The van der Waals surface area contributed by atoms with E-state index in [0.29, 0.717) is 13.2 Å². The number of nitrogens with one attached hydrogen (secondary N) is 1. The largest absolute Gasteiger partial charge is 0.490 e. The molecule has 0 fully saturated rings. The lowest BCUT2D eigenvalue weighted by atomic mass is 10.2. The predicted molar refractivity (Wildman–Crippen MR) is 92.7 cm³/mol. The van der Waals surface area contributed by atoms with Gasteiger partial charge in [0.05, 0.1) is 12.8 Å². The first kappa shape index (κ1) is 16.4. The number of hydrogen-bond donors (Lipinski definition) is 1. The Hall–Kier alpha value is -2.01. The van der Waals surface area contributed by atoms with Crippen molar-refractivity contribution < 1.29 is 9.47 Å². The van der Waals surface area contributed by atoms with Gasteiger partial charge in [-0.05, 0) is 48.4 Å². The van der Waals surface area contributed by atoms with Gasteiger partial charge in [-0.15, -0.1) is 0 Å². The van der Waals surface area contributed by atoms with E-state index in [9.17, 15) is 0 Å². The Labute approximate surface area is 139 Å². The summed E-state index contributed by atoms with van der Waals surface area (Å²) >= 11 is 3.42. The van der Waals surface area contributed by atoms with Gasteiger partial charge < -0.3 is 14.9 Å². The van der Waals surface area contributed by atoms with E-state index in [4.69, 9.17) is 9.47 Å². The smallest absolute Gasteiger partial charge is 0.161 e. The van der Waals surface area contributed by atoms with Gasteiger partial charge in [-0.2, -0.15) is 5.10 Å². The standard InChI is InChI=1S/C17H19BrN2O2/c1-3-21-17-10-14(11-20-19-2)6-9-16(17)22-12-13-4-7-15(18)8-5-13/h4-11,19H,3,12H2,1-2H3/b20-11+. The van der Waals surface area contributed by atoms with Crippen molar-refractivity contribution in [1.29, 1.82) is 0 Å². The Kier molecular flexibility index (Phi) is 6.27. The van der Waals surface area contributed by atoms with Crippen LogP contribution in [0.25, 0.3) is 0 Å². The van der Waals surface area contributed by atoms with Crippen LogP contribution in [0.5, 0.6) is 11.5 Å². The Balaban J connectivity index is 2.11. The van der Waals surface area contributed by atoms with Crippen LogP contribution in [0.3, 0.4) is 0 Å². The third-order valence-corrected chi connectivity index (χ3v) is 3.45. The van der Waals surface area contributed by atoms with Crippen molar-refractivity contribution in [3.63, 3.8) is 0 Å². The van der Waals surface area contributed by atoms with Gasteiger partial charge >= 0.3 is 0 Å². The van der Waals surface area contributed by atoms with Crippen molar-refractivity contribution in [1.82, 2.24) is 5.43 Å². The summed E-state index contributed by atoms with van der Waals surface area (Å²) in [5, 5.41) is 4.00. The second kappa shape index (κ2) is 8.44. The van der Waals surface area contributed by atoms with Crippen LogP contribution in [0.15, 0.2) is 52.0 Å². The highest BCUT2D eigenvalue weighted by Crippen LogP contribution is 2.29. The number of ether oxygens (including phenoxy) is 2. The van der Waals surface area contributed by atoms with E-state index in [0.717, 1.165) is 27.1 Å². The monoisotopic (exact) mass is 362 g/mol. The van der Waals surface area contributed by atoms with Crippen molar-refractivity contribution >= 4 is 22.1 Å². The van der Waals surface area contributed by atoms with Crippen LogP contribution in [-0.4, -0.2) is 19.9 Å². The molecule has 0 radical (unpaired) electrons. The average molecular weight is 363 g/mol. The molecule has 0 amide bonds. The summed E-state index contributed by atoms with van der Waals surface area (Å²) in [6.07, 6.45) is 1.74. The van der Waals surface area contributed by atoms with Crippen molar-refractivity contribution in [3.05, 3.63) is 58.1 Å². The first-order valence-electron chi connectivity index (χ1n) is 7.07. The van der Waals surface area contributed by atoms with Gasteiger partial charge in [0.1, 0.15) is 6.61 Å². The molecular formula is C17H19BrN2O2. The van der Waals surface area contributed by atoms with E-state index < -0.39 is 0 Å². The molecule has 22 heavy (non-hydrogen) atoms. The number of hydrazone groups is 1. The lowest BCUT2D eigenvalue weighted by molar-refractivity contribution is 0.269. The Bertz CT molecular complexity index is 627. The molecule has 116 valence electrons. The zero-order chi connectivity index (χ0) is 15.8. The van der Waals surface area contributed by atoms with Gasteiger partial charge in [0, 0.05) is 11.5 Å². The molecule has 0 saturated heterocycles. The molecule has 2 rings (SSSR count). The zero-order valence-electron chi connectivity index (χ0n) is 12.7. The summed E-state index contributed by atoms with van der Waals surface area (Å²) in [7, 11) is 1.76. The van der Waals surface area contributed by atoms with Gasteiger partial charge in [-0.3, -0.25) is 0 Å². The van der Waals surface area contributed by atoms with Crippen LogP contribution in [-0.2, 0) is 6.61 Å². The number of halogens is 1. The summed E-state index contributed by atoms with van der Waals surface area (Å²) in [5.41, 5.74) is 4.78. The number of hydrogen-bond acceptors (Lipinski definition) is 4. The third-order valence-electron chi connectivity index (χ3n) is 2.92. The fraction of sp³-hybridized carbons (Fsp3) is 0.235. The van der Waals surface area contributed by atoms with Crippen LogP contribution in [0.2, 0.25) is 0 Å². The van der Waals surface area contributed by atoms with Gasteiger partial charge in [0.25, 0.3) is 0 Å². The molecule has 0 aliphatic heterocycles. The molecular weight excluding hydrogens is 344 g/mol. The van der Waals surface area contributed by atoms with E-state index in [1.54, 1.807) is 13.3 Å². The minimum Gasteiger partial charge on any atom is -0.490 e. The lowest BCUT2D eigenvalue weighted by Gasteiger charge is -2.12. The molecule has 0 aliphatic carbocycles. The van der Waals surface area contributed by atoms with E-state index in [1.807, 2.05) is 49.4 Å². The van der Waals surface area contributed by atoms with E-state index in [1.165, 1.54) is 0 Å². The Morgan fingerprint density at radius 2 is 1.86 bits per heavy atom. The molecule has 0 aromatic heterocycles. The number of nitrogens with zero attached hydrogens (tertiary/aromatic N) is 1. The van der Waals surface area contributed by atoms with Gasteiger partial charge in [0.2, 0.25) is 0 Å². The molecule has 0 bridgehead atoms. The maximum absolute atomic E-state index is 5.87. The highest BCUT2D eigenvalue weighted by molar-refractivity contribution is 9.10. The third kappa shape index (κ3) is 4.77. The lowest BCUT2D eigenvalue weighted by Crippen LogP contribution is -2.01. The molecule has 0 spiro atoms. The molecule has 0 aliphatic rings. The summed E-state index contributed by atoms with van der Waals surface area (Å²) in [6.45, 7) is 3.03. The fourth-order valence-corrected chi connectivity index (χ4v) is 2.14. The molecule has 0 heterocycles. The van der Waals surface area contributed by atoms with E-state index in [2.05, 4.69) is 26.5 Å². The first-order chi connectivity index (χ1) is 10.7. The maximum Gasteiger partial charge on any atom is 0.161 e. The molecule has 1 N–H and O–H groups in total. The topological polar surface area (TPSA) is 42.8 Å². The molecule has 2 aromatic rings. The summed E-state index contributed by atoms with van der Waals surface area (Å²) < 4.78 is 12.6. The fourth-order valence-electron chi connectivity index (χ4n) is 1.87. The van der Waals surface area contributed by atoms with Gasteiger partial charge in [0.15, 0.2) is 11.5 Å². The van der Waals surface area contributed by atoms with Crippen LogP contribution in [0.4, 0.5) is 0 Å². The maximum atomic E-state index is 5.87. The molecule has 2 aromatic carbocycles. The summed E-state index contributed by atoms with van der Waals surface area (Å²) in [4.78, 5) is 0. The van der Waals surface area contributed by atoms with Crippen LogP contribution in [0.1, 0.15) is 18.1 Å².